The van der Waals surface area contributed by atoms with Gasteiger partial charge in [-0.25, -0.2) is 0 Å². The Labute approximate surface area is 159 Å². The van der Waals surface area contributed by atoms with Crippen LogP contribution in [0.15, 0.2) is 72.8 Å². The lowest BCUT2D eigenvalue weighted by molar-refractivity contribution is 0.100. The van der Waals surface area contributed by atoms with Crippen molar-refractivity contribution in [3.63, 3.8) is 0 Å². The van der Waals surface area contributed by atoms with Crippen molar-refractivity contribution in [1.82, 2.24) is 5.32 Å². The number of hydrogen-bond acceptors (Lipinski definition) is 3. The Bertz CT molecular complexity index is 947. The van der Waals surface area contributed by atoms with E-state index in [1.165, 1.54) is 0 Å². The maximum Gasteiger partial charge on any atom is 0.249 e. The summed E-state index contributed by atoms with van der Waals surface area (Å²) in [4.78, 5) is 14.8. The van der Waals surface area contributed by atoms with Gasteiger partial charge < -0.3 is 16.0 Å². The first-order valence-corrected chi connectivity index (χ1v) is 9.29. The molecule has 27 heavy (non-hydrogen) atoms. The smallest absolute Gasteiger partial charge is 0.249 e. The number of para-hydroxylation sites is 1. The van der Waals surface area contributed by atoms with Gasteiger partial charge in [-0.05, 0) is 22.8 Å². The molecule has 0 atom stereocenters. The van der Waals surface area contributed by atoms with Gasteiger partial charge in [-0.2, -0.15) is 0 Å². The molecule has 0 bridgehead atoms. The molecule has 3 aromatic rings. The summed E-state index contributed by atoms with van der Waals surface area (Å²) in [5.41, 5.74) is 11.4. The predicted octanol–water partition coefficient (Wildman–Crippen LogP) is 3.53. The first-order chi connectivity index (χ1) is 13.3. The third kappa shape index (κ3) is 3.44. The number of benzene rings is 3. The van der Waals surface area contributed by atoms with E-state index < -0.39 is 5.91 Å². The van der Waals surface area contributed by atoms with Crippen LogP contribution in [0.5, 0.6) is 0 Å². The molecular formula is C23H23N3O. The van der Waals surface area contributed by atoms with Crippen molar-refractivity contribution in [2.75, 3.05) is 31.1 Å². The number of hydrogen-bond donors (Lipinski definition) is 2. The first-order valence-electron chi connectivity index (χ1n) is 9.29. The maximum atomic E-state index is 12.5. The molecule has 3 N–H and O–H groups in total. The normalized spacial score (nSPS) is 14.1. The number of anilines is 1. The summed E-state index contributed by atoms with van der Waals surface area (Å²) in [6.07, 6.45) is 0. The van der Waals surface area contributed by atoms with E-state index in [2.05, 4.69) is 22.3 Å². The number of amides is 1. The molecule has 0 unspecified atom stereocenters. The third-order valence-corrected chi connectivity index (χ3v) is 5.05. The molecule has 0 spiro atoms. The minimum atomic E-state index is -0.403. The highest BCUT2D eigenvalue weighted by atomic mass is 16.1. The van der Waals surface area contributed by atoms with E-state index in [-0.39, 0.29) is 0 Å². The van der Waals surface area contributed by atoms with Gasteiger partial charge in [-0.1, -0.05) is 66.7 Å². The van der Waals surface area contributed by atoms with Crippen LogP contribution in [-0.4, -0.2) is 32.1 Å². The van der Waals surface area contributed by atoms with Gasteiger partial charge in [0.2, 0.25) is 5.91 Å². The van der Waals surface area contributed by atoms with E-state index >= 15 is 0 Å². The minimum Gasteiger partial charge on any atom is -0.368 e. The zero-order chi connectivity index (χ0) is 18.6. The fourth-order valence-corrected chi connectivity index (χ4v) is 3.78. The van der Waals surface area contributed by atoms with Gasteiger partial charge in [-0.3, -0.25) is 4.79 Å². The molecule has 0 saturated carbocycles. The molecule has 1 amide bonds. The van der Waals surface area contributed by atoms with Crippen molar-refractivity contribution < 1.29 is 4.79 Å². The fourth-order valence-electron chi connectivity index (χ4n) is 3.78. The van der Waals surface area contributed by atoms with Gasteiger partial charge in [0.15, 0.2) is 0 Å². The molecule has 0 aromatic heterocycles. The van der Waals surface area contributed by atoms with Crippen molar-refractivity contribution in [3.8, 4) is 22.3 Å². The van der Waals surface area contributed by atoms with Gasteiger partial charge in [-0.15, -0.1) is 0 Å². The average Bonchev–Trinajstić information content (AvgIpc) is 2.74. The van der Waals surface area contributed by atoms with Gasteiger partial charge in [0.25, 0.3) is 0 Å². The SMILES string of the molecule is NC(=O)c1c(-c2ccccc2)cccc1-c1ccccc1N1CCNCC1. The van der Waals surface area contributed by atoms with E-state index in [9.17, 15) is 4.79 Å². The number of rotatable bonds is 4. The molecule has 1 aliphatic heterocycles. The second-order valence-corrected chi connectivity index (χ2v) is 6.71. The van der Waals surface area contributed by atoms with E-state index in [0.717, 1.165) is 54.1 Å². The Morgan fingerprint density at radius 2 is 1.41 bits per heavy atom. The molecule has 4 nitrogen and oxygen atoms in total. The zero-order valence-corrected chi connectivity index (χ0v) is 15.2. The van der Waals surface area contributed by atoms with E-state index in [1.807, 2.05) is 60.7 Å². The van der Waals surface area contributed by atoms with Gasteiger partial charge in [0.1, 0.15) is 0 Å². The van der Waals surface area contributed by atoms with Crippen molar-refractivity contribution in [2.45, 2.75) is 0 Å². The van der Waals surface area contributed by atoms with Crippen molar-refractivity contribution in [1.29, 1.82) is 0 Å². The summed E-state index contributed by atoms with van der Waals surface area (Å²) < 4.78 is 0. The molecule has 4 rings (SSSR count). The second-order valence-electron chi connectivity index (χ2n) is 6.71. The fraction of sp³-hybridized carbons (Fsp3) is 0.174. The second kappa shape index (κ2) is 7.64. The van der Waals surface area contributed by atoms with Crippen LogP contribution in [0, 0.1) is 0 Å². The highest BCUT2D eigenvalue weighted by Crippen LogP contribution is 2.37. The van der Waals surface area contributed by atoms with Crippen LogP contribution in [0.25, 0.3) is 22.3 Å². The van der Waals surface area contributed by atoms with Crippen molar-refractivity contribution in [3.05, 3.63) is 78.4 Å². The van der Waals surface area contributed by atoms with Crippen LogP contribution >= 0.6 is 0 Å². The van der Waals surface area contributed by atoms with Gasteiger partial charge >= 0.3 is 0 Å². The number of primary amides is 1. The molecular weight excluding hydrogens is 334 g/mol. The Morgan fingerprint density at radius 1 is 0.778 bits per heavy atom. The number of carbonyl (C=O) groups is 1. The topological polar surface area (TPSA) is 58.4 Å². The molecule has 1 heterocycles. The van der Waals surface area contributed by atoms with Crippen LogP contribution in [0.4, 0.5) is 5.69 Å². The molecule has 0 radical (unpaired) electrons. The average molecular weight is 357 g/mol. The highest BCUT2D eigenvalue weighted by Gasteiger charge is 2.20. The van der Waals surface area contributed by atoms with E-state index in [0.29, 0.717) is 5.56 Å². The molecule has 3 aromatic carbocycles. The van der Waals surface area contributed by atoms with Gasteiger partial charge in [0, 0.05) is 37.4 Å². The summed E-state index contributed by atoms with van der Waals surface area (Å²) >= 11 is 0. The summed E-state index contributed by atoms with van der Waals surface area (Å²) in [6.45, 7) is 3.81. The monoisotopic (exact) mass is 357 g/mol. The largest absolute Gasteiger partial charge is 0.368 e. The van der Waals surface area contributed by atoms with Crippen LogP contribution in [0.1, 0.15) is 10.4 Å². The summed E-state index contributed by atoms with van der Waals surface area (Å²) in [5, 5.41) is 3.39. The molecule has 1 aliphatic rings. The lowest BCUT2D eigenvalue weighted by Crippen LogP contribution is -2.43. The summed E-state index contributed by atoms with van der Waals surface area (Å²) in [6, 6.07) is 24.2. The molecule has 1 fully saturated rings. The Balaban J connectivity index is 1.89. The molecule has 136 valence electrons. The van der Waals surface area contributed by atoms with Crippen molar-refractivity contribution in [2.24, 2.45) is 5.73 Å². The Hall–Kier alpha value is -3.11. The highest BCUT2D eigenvalue weighted by molar-refractivity contribution is 6.07. The predicted molar refractivity (Wildman–Crippen MR) is 111 cm³/mol. The van der Waals surface area contributed by atoms with Gasteiger partial charge in [0.05, 0.1) is 5.56 Å². The maximum absolute atomic E-state index is 12.5. The number of nitrogens with zero attached hydrogens (tertiary/aromatic N) is 1. The number of piperazine rings is 1. The van der Waals surface area contributed by atoms with Crippen LogP contribution in [0.2, 0.25) is 0 Å². The van der Waals surface area contributed by atoms with E-state index in [1.54, 1.807) is 0 Å². The van der Waals surface area contributed by atoms with Crippen LogP contribution in [0.3, 0.4) is 0 Å². The number of carbonyl (C=O) groups excluding carboxylic acids is 1. The lowest BCUT2D eigenvalue weighted by atomic mass is 9.90. The first kappa shape index (κ1) is 17.3. The zero-order valence-electron chi connectivity index (χ0n) is 15.2. The van der Waals surface area contributed by atoms with E-state index in [4.69, 9.17) is 5.73 Å². The summed E-state index contributed by atoms with van der Waals surface area (Å²) in [7, 11) is 0. The number of nitrogens with one attached hydrogen (secondary N) is 1. The quantitative estimate of drug-likeness (QED) is 0.751. The lowest BCUT2D eigenvalue weighted by Gasteiger charge is -2.31. The third-order valence-electron chi connectivity index (χ3n) is 5.05. The molecule has 4 heteroatoms. The molecule has 1 saturated heterocycles. The Morgan fingerprint density at radius 3 is 2.15 bits per heavy atom. The summed E-state index contributed by atoms with van der Waals surface area (Å²) in [5.74, 6) is -0.403. The van der Waals surface area contributed by atoms with Crippen LogP contribution < -0.4 is 16.0 Å². The standard InChI is InChI=1S/C23H23N3O/c24-23(27)22-18(17-7-2-1-3-8-17)10-6-11-20(22)19-9-4-5-12-21(19)26-15-13-25-14-16-26/h1-12,25H,13-16H2,(H2,24,27). The Kier molecular flexibility index (Phi) is 4.90. The minimum absolute atomic E-state index is 0.403. The number of nitrogens with two attached hydrogens (primary N) is 1. The van der Waals surface area contributed by atoms with Crippen molar-refractivity contribution >= 4 is 11.6 Å². The molecule has 0 aliphatic carbocycles. The van der Waals surface area contributed by atoms with Crippen LogP contribution in [-0.2, 0) is 0 Å².